The van der Waals surface area contributed by atoms with Crippen LogP contribution >= 0.6 is 0 Å². The van der Waals surface area contributed by atoms with Crippen LogP contribution in [0.15, 0.2) is 150 Å². The molecule has 0 spiro atoms. The average Bonchev–Trinajstić information content (AvgIpc) is 3.61. The van der Waals surface area contributed by atoms with E-state index in [1.54, 1.807) is 24.4 Å². The summed E-state index contributed by atoms with van der Waals surface area (Å²) >= 11 is 0. The van der Waals surface area contributed by atoms with Crippen molar-refractivity contribution in [2.75, 3.05) is 0 Å². The summed E-state index contributed by atoms with van der Waals surface area (Å²) in [5.41, 5.74) is 7.34. The summed E-state index contributed by atoms with van der Waals surface area (Å²) in [7, 11) is 0. The Morgan fingerprint density at radius 3 is 2.33 bits per heavy atom. The number of pyridine rings is 3. The molecule has 0 aliphatic rings. The number of aromatic nitrogens is 3. The van der Waals surface area contributed by atoms with Gasteiger partial charge in [0.15, 0.2) is 0 Å². The molecule has 0 saturated heterocycles. The van der Waals surface area contributed by atoms with Crippen molar-refractivity contribution in [2.24, 2.45) is 0 Å². The molecule has 4 heterocycles. The van der Waals surface area contributed by atoms with Crippen LogP contribution in [-0.2, 0) is 20.1 Å². The van der Waals surface area contributed by atoms with E-state index in [1.807, 2.05) is 66.7 Å². The molecule has 0 aliphatic carbocycles. The van der Waals surface area contributed by atoms with E-state index in [9.17, 15) is 0 Å². The predicted octanol–water partition coefficient (Wildman–Crippen LogP) is 11.8. The van der Waals surface area contributed by atoms with E-state index in [0.717, 1.165) is 33.2 Å². The molecule has 0 N–H and O–H groups in total. The molecule has 9 rings (SSSR count). The third-order valence-corrected chi connectivity index (χ3v) is 8.47. The van der Waals surface area contributed by atoms with Crippen molar-refractivity contribution in [3.05, 3.63) is 175 Å². The molecule has 9 aromatic rings. The molecular formula is C46H33IrN3O-2. The van der Waals surface area contributed by atoms with Crippen LogP contribution in [0.2, 0.25) is 0 Å². The molecule has 5 aromatic carbocycles. The van der Waals surface area contributed by atoms with Gasteiger partial charge in [0, 0.05) is 55.9 Å². The maximum atomic E-state index is 7.77. The average molecular weight is 845 g/mol. The van der Waals surface area contributed by atoms with Gasteiger partial charge in [-0.1, -0.05) is 108 Å². The molecule has 4 nitrogen and oxygen atoms in total. The van der Waals surface area contributed by atoms with Crippen molar-refractivity contribution in [2.45, 2.75) is 20.6 Å². The monoisotopic (exact) mass is 845 g/mol. The van der Waals surface area contributed by atoms with Crippen LogP contribution in [0.5, 0.6) is 0 Å². The Bertz CT molecular complexity index is 2960. The number of nitrogens with zero attached hydrogens (tertiary/aromatic N) is 3. The predicted molar refractivity (Wildman–Crippen MR) is 205 cm³/mol. The zero-order valence-corrected chi connectivity index (χ0v) is 29.3. The van der Waals surface area contributed by atoms with Gasteiger partial charge in [-0.2, -0.15) is 0 Å². The fourth-order valence-corrected chi connectivity index (χ4v) is 5.98. The summed E-state index contributed by atoms with van der Waals surface area (Å²) in [6, 6.07) is 47.4. The second-order valence-corrected chi connectivity index (χ2v) is 11.7. The van der Waals surface area contributed by atoms with E-state index in [-0.39, 0.29) is 36.9 Å². The first-order valence-electron chi connectivity index (χ1n) is 20.4. The van der Waals surface area contributed by atoms with Gasteiger partial charge in [0.2, 0.25) is 5.71 Å². The summed E-state index contributed by atoms with van der Waals surface area (Å²) < 4.78 is 74.5. The Hall–Kier alpha value is -5.74. The van der Waals surface area contributed by atoms with Gasteiger partial charge in [-0.15, -0.1) is 47.5 Å². The van der Waals surface area contributed by atoms with Crippen LogP contribution in [0.1, 0.15) is 29.2 Å². The molecule has 249 valence electrons. The van der Waals surface area contributed by atoms with Crippen molar-refractivity contribution in [1.29, 1.82) is 0 Å². The fraction of sp³-hybridized carbons (Fsp3) is 0.0652. The van der Waals surface area contributed by atoms with Crippen LogP contribution in [0.4, 0.5) is 0 Å². The van der Waals surface area contributed by atoms with Gasteiger partial charge in [-0.05, 0) is 82.4 Å². The standard InChI is InChI=1S/C27H17N2O.C19H16N.Ir/c1-17-9-12-23-22-7-4-8-24(26(22)30-27(23)29-17)25-16-21(13-14-28-25)20-11-10-18-5-2-3-6-19(18)15-20;1-14-8-11-19(20-13-14)17-10-9-15(2)18(12-17)16-6-4-3-5-7-16;/h2-7,9-16H,1H3;3-9,11-13H,1-2H3;/q2*-1;/i1D3;1D3,2D3;. The molecule has 0 fully saturated rings. The molecule has 0 saturated carbocycles. The molecule has 0 amide bonds. The maximum Gasteiger partial charge on any atom is 0.216 e. The summed E-state index contributed by atoms with van der Waals surface area (Å²) in [5.74, 6) is 0. The Labute approximate surface area is 323 Å². The fourth-order valence-electron chi connectivity index (χ4n) is 5.98. The second-order valence-electron chi connectivity index (χ2n) is 11.7. The minimum atomic E-state index is -2.29. The van der Waals surface area contributed by atoms with Crippen molar-refractivity contribution in [3.63, 3.8) is 0 Å². The Balaban J connectivity index is 0.000000184. The van der Waals surface area contributed by atoms with E-state index in [0.29, 0.717) is 33.7 Å². The van der Waals surface area contributed by atoms with Crippen LogP contribution < -0.4 is 0 Å². The Morgan fingerprint density at radius 1 is 0.647 bits per heavy atom. The van der Waals surface area contributed by atoms with Gasteiger partial charge >= 0.3 is 0 Å². The van der Waals surface area contributed by atoms with Crippen LogP contribution in [-0.4, -0.2) is 15.0 Å². The first kappa shape index (κ1) is 24.4. The third kappa shape index (κ3) is 7.00. The Kier molecular flexibility index (Phi) is 7.00. The maximum absolute atomic E-state index is 7.77. The van der Waals surface area contributed by atoms with Crippen LogP contribution in [0.25, 0.3) is 77.6 Å². The van der Waals surface area contributed by atoms with Gasteiger partial charge in [-0.25, -0.2) is 4.98 Å². The zero-order chi connectivity index (χ0) is 41.5. The molecule has 0 aliphatic heterocycles. The molecule has 0 bridgehead atoms. The second kappa shape index (κ2) is 14.6. The SMILES string of the molecule is [2H]C([2H])([2H])c1ccc(-c2[c-]cc(C([2H])([2H])[2H])c(-c3ccccc3)c2)nc1.[2H]C([2H])([2H])c1ccc2c(n1)oc1c(-c3cc(-c4ccc5ccccc5c4)ccn3)[c-]ccc12.[Ir]. The quantitative estimate of drug-likeness (QED) is 0.166. The number of hydrogen-bond acceptors (Lipinski definition) is 4. The van der Waals surface area contributed by atoms with Crippen molar-refractivity contribution >= 4 is 32.8 Å². The summed E-state index contributed by atoms with van der Waals surface area (Å²) in [5, 5.41) is 3.98. The molecule has 0 unspecified atom stereocenters. The van der Waals surface area contributed by atoms with Gasteiger partial charge in [0.1, 0.15) is 0 Å². The van der Waals surface area contributed by atoms with Gasteiger partial charge in [0.25, 0.3) is 0 Å². The third-order valence-electron chi connectivity index (χ3n) is 8.47. The molecule has 51 heavy (non-hydrogen) atoms. The number of rotatable bonds is 4. The summed E-state index contributed by atoms with van der Waals surface area (Å²) in [6.07, 6.45) is 3.09. The van der Waals surface area contributed by atoms with Crippen molar-refractivity contribution in [3.8, 4) is 44.8 Å². The molecule has 4 aromatic heterocycles. The van der Waals surface area contributed by atoms with Crippen LogP contribution in [0.3, 0.4) is 0 Å². The number of hydrogen-bond donors (Lipinski definition) is 0. The zero-order valence-electron chi connectivity index (χ0n) is 35.9. The first-order chi connectivity index (χ1) is 28.1. The molecular weight excluding hydrogens is 803 g/mol. The van der Waals surface area contributed by atoms with E-state index in [4.69, 9.17) is 16.8 Å². The van der Waals surface area contributed by atoms with E-state index < -0.39 is 20.6 Å². The van der Waals surface area contributed by atoms with Gasteiger partial charge in [0.05, 0.1) is 5.58 Å². The number of aryl methyl sites for hydroxylation is 3. The topological polar surface area (TPSA) is 51.8 Å². The van der Waals surface area contributed by atoms with Gasteiger partial charge in [-0.3, -0.25) is 0 Å². The molecule has 5 heteroatoms. The molecule has 1 radical (unpaired) electrons. The first-order valence-corrected chi connectivity index (χ1v) is 15.9. The van der Waals surface area contributed by atoms with Crippen molar-refractivity contribution in [1.82, 2.24) is 15.0 Å². The van der Waals surface area contributed by atoms with Gasteiger partial charge < -0.3 is 14.4 Å². The largest absolute Gasteiger partial charge is 0.486 e. The van der Waals surface area contributed by atoms with Crippen molar-refractivity contribution < 1.29 is 36.9 Å². The smallest absolute Gasteiger partial charge is 0.216 e. The minimum Gasteiger partial charge on any atom is -0.486 e. The summed E-state index contributed by atoms with van der Waals surface area (Å²) in [6.45, 7) is -6.77. The number of furan rings is 1. The summed E-state index contributed by atoms with van der Waals surface area (Å²) in [4.78, 5) is 13.0. The normalized spacial score (nSPS) is 14.2. The number of benzene rings is 5. The number of fused-ring (bicyclic) bond motifs is 4. The van der Waals surface area contributed by atoms with E-state index in [1.165, 1.54) is 35.2 Å². The molecule has 0 atom stereocenters. The Morgan fingerprint density at radius 2 is 1.51 bits per heavy atom. The van der Waals surface area contributed by atoms with E-state index >= 15 is 0 Å². The minimum absolute atomic E-state index is 0. The van der Waals surface area contributed by atoms with E-state index in [2.05, 4.69) is 57.4 Å². The van der Waals surface area contributed by atoms with Crippen LogP contribution in [0, 0.1) is 32.7 Å².